The van der Waals surface area contributed by atoms with Crippen LogP contribution in [0.5, 0.6) is 0 Å². The number of aryl methyl sites for hydroxylation is 1. The van der Waals surface area contributed by atoms with Gasteiger partial charge in [-0.2, -0.15) is 0 Å². The first-order valence-electron chi connectivity index (χ1n) is 6.96. The molecule has 3 nitrogen and oxygen atoms in total. The number of nitrogens with one attached hydrogen (secondary N) is 1. The molecule has 1 aliphatic carbocycles. The molecule has 100 valence electrons. The molecule has 3 heteroatoms. The van der Waals surface area contributed by atoms with E-state index in [0.29, 0.717) is 6.04 Å². The molecule has 0 saturated heterocycles. The van der Waals surface area contributed by atoms with Crippen molar-refractivity contribution in [2.24, 2.45) is 5.92 Å². The van der Waals surface area contributed by atoms with E-state index in [1.54, 1.807) is 0 Å². The molecule has 0 aliphatic heterocycles. The number of aromatic nitrogens is 1. The van der Waals surface area contributed by atoms with Crippen molar-refractivity contribution in [1.82, 2.24) is 10.3 Å². The molecule has 0 bridgehead atoms. The van der Waals surface area contributed by atoms with Crippen molar-refractivity contribution in [3.05, 3.63) is 23.4 Å². The third-order valence-corrected chi connectivity index (χ3v) is 3.33. The van der Waals surface area contributed by atoms with Crippen LogP contribution in [0.2, 0.25) is 0 Å². The van der Waals surface area contributed by atoms with E-state index in [2.05, 4.69) is 55.2 Å². The normalized spacial score (nSPS) is 15.2. The van der Waals surface area contributed by atoms with Crippen LogP contribution in [-0.4, -0.2) is 24.6 Å². The standard InChI is InChI=1S/C15H25N3/c1-11(2)16-9-14-7-12(3)17-15(8-14)18(4)10-13-5-6-13/h7-8,11,13,16H,5-6,9-10H2,1-4H3. The second-order valence-corrected chi connectivity index (χ2v) is 5.83. The molecule has 1 heterocycles. The van der Waals surface area contributed by atoms with Gasteiger partial charge >= 0.3 is 0 Å². The van der Waals surface area contributed by atoms with Crippen molar-refractivity contribution in [2.75, 3.05) is 18.5 Å². The summed E-state index contributed by atoms with van der Waals surface area (Å²) in [4.78, 5) is 6.94. The van der Waals surface area contributed by atoms with E-state index in [9.17, 15) is 0 Å². The first kappa shape index (κ1) is 13.3. The van der Waals surface area contributed by atoms with Crippen LogP contribution >= 0.6 is 0 Å². The molecule has 18 heavy (non-hydrogen) atoms. The van der Waals surface area contributed by atoms with E-state index in [-0.39, 0.29) is 0 Å². The van der Waals surface area contributed by atoms with Crippen molar-refractivity contribution in [3.8, 4) is 0 Å². The molecule has 1 N–H and O–H groups in total. The largest absolute Gasteiger partial charge is 0.359 e. The Morgan fingerprint density at radius 3 is 2.72 bits per heavy atom. The van der Waals surface area contributed by atoms with Crippen molar-refractivity contribution >= 4 is 5.82 Å². The van der Waals surface area contributed by atoms with Gasteiger partial charge in [-0.3, -0.25) is 0 Å². The smallest absolute Gasteiger partial charge is 0.128 e. The molecule has 2 rings (SSSR count). The van der Waals surface area contributed by atoms with Gasteiger partial charge < -0.3 is 10.2 Å². The van der Waals surface area contributed by atoms with Crippen LogP contribution in [0.25, 0.3) is 0 Å². The summed E-state index contributed by atoms with van der Waals surface area (Å²) in [5, 5.41) is 3.46. The molecule has 1 saturated carbocycles. The van der Waals surface area contributed by atoms with Crippen LogP contribution < -0.4 is 10.2 Å². The minimum Gasteiger partial charge on any atom is -0.359 e. The van der Waals surface area contributed by atoms with Crippen molar-refractivity contribution in [1.29, 1.82) is 0 Å². The average Bonchev–Trinajstić information content (AvgIpc) is 3.09. The SMILES string of the molecule is Cc1cc(CNC(C)C)cc(N(C)CC2CC2)n1. The molecular weight excluding hydrogens is 222 g/mol. The highest BCUT2D eigenvalue weighted by Crippen LogP contribution is 2.30. The van der Waals surface area contributed by atoms with Gasteiger partial charge in [0.25, 0.3) is 0 Å². The number of anilines is 1. The molecule has 1 aromatic heterocycles. The zero-order chi connectivity index (χ0) is 13.1. The first-order valence-corrected chi connectivity index (χ1v) is 6.96. The van der Waals surface area contributed by atoms with Gasteiger partial charge in [-0.1, -0.05) is 13.8 Å². The molecule has 1 fully saturated rings. The predicted molar refractivity (Wildman–Crippen MR) is 76.9 cm³/mol. The minimum atomic E-state index is 0.520. The number of rotatable bonds is 6. The Bertz CT molecular complexity index is 397. The molecule has 0 atom stereocenters. The fraction of sp³-hybridized carbons (Fsp3) is 0.667. The summed E-state index contributed by atoms with van der Waals surface area (Å²) >= 11 is 0. The van der Waals surface area contributed by atoms with Crippen LogP contribution in [0.3, 0.4) is 0 Å². The highest BCUT2D eigenvalue weighted by molar-refractivity contribution is 5.42. The van der Waals surface area contributed by atoms with E-state index in [4.69, 9.17) is 0 Å². The predicted octanol–water partition coefficient (Wildman–Crippen LogP) is 2.73. The van der Waals surface area contributed by atoms with Crippen LogP contribution in [-0.2, 0) is 6.54 Å². The lowest BCUT2D eigenvalue weighted by atomic mass is 10.2. The number of hydrogen-bond acceptors (Lipinski definition) is 3. The zero-order valence-corrected chi connectivity index (χ0v) is 12.0. The van der Waals surface area contributed by atoms with Crippen LogP contribution in [0.15, 0.2) is 12.1 Å². The minimum absolute atomic E-state index is 0.520. The lowest BCUT2D eigenvalue weighted by molar-refractivity contribution is 0.588. The summed E-state index contributed by atoms with van der Waals surface area (Å²) in [5.41, 5.74) is 2.43. The van der Waals surface area contributed by atoms with E-state index in [1.165, 1.54) is 18.4 Å². The third-order valence-electron chi connectivity index (χ3n) is 3.33. The summed E-state index contributed by atoms with van der Waals surface area (Å²) in [6.07, 6.45) is 2.77. The molecule has 0 radical (unpaired) electrons. The van der Waals surface area contributed by atoms with Gasteiger partial charge in [-0.25, -0.2) is 4.98 Å². The van der Waals surface area contributed by atoms with Gasteiger partial charge in [0.2, 0.25) is 0 Å². The summed E-state index contributed by atoms with van der Waals surface area (Å²) in [6.45, 7) is 8.49. The van der Waals surface area contributed by atoms with Crippen molar-refractivity contribution < 1.29 is 0 Å². The van der Waals surface area contributed by atoms with Crippen LogP contribution in [0.1, 0.15) is 37.9 Å². The number of nitrogens with zero attached hydrogens (tertiary/aromatic N) is 2. The first-order chi connectivity index (χ1) is 8.54. The summed E-state index contributed by atoms with van der Waals surface area (Å²) in [5.74, 6) is 2.01. The lowest BCUT2D eigenvalue weighted by Crippen LogP contribution is -2.24. The molecule has 0 amide bonds. The Kier molecular flexibility index (Phi) is 4.23. The summed E-state index contributed by atoms with van der Waals surface area (Å²) < 4.78 is 0. The van der Waals surface area contributed by atoms with Gasteiger partial charge in [0.05, 0.1) is 0 Å². The van der Waals surface area contributed by atoms with E-state index in [0.717, 1.165) is 30.5 Å². The monoisotopic (exact) mass is 247 g/mol. The molecule has 1 aromatic rings. The number of pyridine rings is 1. The number of hydrogen-bond donors (Lipinski definition) is 1. The highest BCUT2D eigenvalue weighted by atomic mass is 15.2. The van der Waals surface area contributed by atoms with Gasteiger partial charge in [-0.15, -0.1) is 0 Å². The Labute approximate surface area is 111 Å². The Morgan fingerprint density at radius 1 is 1.39 bits per heavy atom. The van der Waals surface area contributed by atoms with Crippen molar-refractivity contribution in [3.63, 3.8) is 0 Å². The van der Waals surface area contributed by atoms with Gasteiger partial charge in [0.15, 0.2) is 0 Å². The third kappa shape index (κ3) is 3.98. The van der Waals surface area contributed by atoms with Gasteiger partial charge in [0.1, 0.15) is 5.82 Å². The molecule has 0 aromatic carbocycles. The highest BCUT2D eigenvalue weighted by Gasteiger charge is 2.23. The fourth-order valence-electron chi connectivity index (χ4n) is 2.12. The Balaban J connectivity index is 2.04. The topological polar surface area (TPSA) is 28.2 Å². The maximum absolute atomic E-state index is 4.64. The molecule has 0 unspecified atom stereocenters. The summed E-state index contributed by atoms with van der Waals surface area (Å²) in [6, 6.07) is 4.90. The van der Waals surface area contributed by atoms with Crippen molar-refractivity contribution in [2.45, 2.75) is 46.2 Å². The van der Waals surface area contributed by atoms with E-state index < -0.39 is 0 Å². The Hall–Kier alpha value is -1.09. The van der Waals surface area contributed by atoms with E-state index >= 15 is 0 Å². The Morgan fingerprint density at radius 2 is 2.11 bits per heavy atom. The second-order valence-electron chi connectivity index (χ2n) is 5.83. The quantitative estimate of drug-likeness (QED) is 0.838. The van der Waals surface area contributed by atoms with Crippen LogP contribution in [0.4, 0.5) is 5.82 Å². The lowest BCUT2D eigenvalue weighted by Gasteiger charge is -2.19. The summed E-state index contributed by atoms with van der Waals surface area (Å²) in [7, 11) is 2.15. The zero-order valence-electron chi connectivity index (χ0n) is 12.0. The maximum atomic E-state index is 4.64. The fourth-order valence-corrected chi connectivity index (χ4v) is 2.12. The molecule has 1 aliphatic rings. The van der Waals surface area contributed by atoms with Gasteiger partial charge in [0, 0.05) is 31.9 Å². The van der Waals surface area contributed by atoms with Crippen LogP contribution in [0, 0.1) is 12.8 Å². The maximum Gasteiger partial charge on any atom is 0.128 e. The van der Waals surface area contributed by atoms with E-state index in [1.807, 2.05) is 0 Å². The molecule has 0 spiro atoms. The second kappa shape index (κ2) is 5.70. The molecular formula is C15H25N3. The average molecular weight is 247 g/mol. The van der Waals surface area contributed by atoms with Gasteiger partial charge in [-0.05, 0) is 43.4 Å².